The maximum absolute atomic E-state index is 13.8. The fourth-order valence-electron chi connectivity index (χ4n) is 5.62. The summed E-state index contributed by atoms with van der Waals surface area (Å²) in [7, 11) is -4.36. The third-order valence-corrected chi connectivity index (χ3v) is 9.03. The average Bonchev–Trinajstić information content (AvgIpc) is 3.01. The Morgan fingerprint density at radius 3 is 2.43 bits per heavy atom. The van der Waals surface area contributed by atoms with E-state index in [-0.39, 0.29) is 23.4 Å². The van der Waals surface area contributed by atoms with Crippen LogP contribution in [0.4, 0.5) is 18.9 Å². The lowest BCUT2D eigenvalue weighted by molar-refractivity contribution is -0.163. The Hall–Kier alpha value is -4.39. The molecule has 13 heteroatoms. The maximum Gasteiger partial charge on any atom is 0.417 e. The molecule has 0 aliphatic carbocycles. The van der Waals surface area contributed by atoms with Crippen LogP contribution in [0.25, 0.3) is 0 Å². The van der Waals surface area contributed by atoms with Gasteiger partial charge in [-0.2, -0.15) is 21.6 Å². The number of cyclic esters (lactones) is 1. The number of hydrogen-bond acceptors (Lipinski definition) is 7. The predicted molar refractivity (Wildman–Crippen MR) is 163 cm³/mol. The molecule has 1 aliphatic rings. The van der Waals surface area contributed by atoms with Crippen molar-refractivity contribution in [3.63, 3.8) is 0 Å². The van der Waals surface area contributed by atoms with Crippen LogP contribution < -0.4 is 4.72 Å². The number of esters is 1. The van der Waals surface area contributed by atoms with E-state index in [9.17, 15) is 36.3 Å². The number of alkyl halides is 3. The number of carbonyl (C=O) groups excluding carboxylic acids is 1. The molecule has 1 aliphatic heterocycles. The molecular weight excluding hydrogens is 625 g/mol. The SMILES string of the molecule is CCC[C@@]1(CCc2ccccc2)CC(OCC(=O)O)=C([C@@H](CC)c2cccc(NS(=O)(=O)c3ccc(C(F)(F)F)cn3)c2)C(=O)O1. The Balaban J connectivity index is 1.66. The molecule has 4 rings (SSSR count). The number of anilines is 1. The normalized spacial score (nSPS) is 17.7. The van der Waals surface area contributed by atoms with Gasteiger partial charge in [-0.05, 0) is 61.1 Å². The van der Waals surface area contributed by atoms with Gasteiger partial charge < -0.3 is 14.6 Å². The van der Waals surface area contributed by atoms with E-state index in [1.807, 2.05) is 44.2 Å². The third kappa shape index (κ3) is 8.45. The summed E-state index contributed by atoms with van der Waals surface area (Å²) < 4.78 is 78.9. The van der Waals surface area contributed by atoms with Gasteiger partial charge >= 0.3 is 18.1 Å². The van der Waals surface area contributed by atoms with E-state index in [1.54, 1.807) is 12.1 Å². The van der Waals surface area contributed by atoms with Gasteiger partial charge in [0.1, 0.15) is 11.4 Å². The molecule has 0 unspecified atom stereocenters. The number of carboxylic acid groups (broad SMARTS) is 1. The van der Waals surface area contributed by atoms with Gasteiger partial charge in [-0.1, -0.05) is 62.7 Å². The van der Waals surface area contributed by atoms with Gasteiger partial charge in [0.2, 0.25) is 0 Å². The lowest BCUT2D eigenvalue weighted by atomic mass is 9.80. The topological polar surface area (TPSA) is 132 Å². The zero-order valence-electron chi connectivity index (χ0n) is 25.3. The molecule has 2 aromatic carbocycles. The van der Waals surface area contributed by atoms with Gasteiger partial charge in [0, 0.05) is 24.2 Å². The molecule has 0 amide bonds. The summed E-state index contributed by atoms with van der Waals surface area (Å²) in [5.74, 6) is -2.29. The second-order valence-electron chi connectivity index (χ2n) is 11.1. The van der Waals surface area contributed by atoms with E-state index in [0.29, 0.717) is 49.9 Å². The molecule has 0 saturated heterocycles. The standard InChI is InChI=1S/C33H35F3N2O7S/c1-3-16-32(17-15-22-9-6-5-7-10-22)19-27(44-21-29(39)40)30(31(41)45-32)26(4-2)23-11-8-12-25(18-23)38-46(42,43)28-14-13-24(20-37-28)33(34,35)36/h5-14,18,20,26,38H,3-4,15-17,19,21H2,1-2H3,(H,39,40)/t26-,32+/m0/s1. The minimum Gasteiger partial charge on any atom is -0.486 e. The molecule has 0 radical (unpaired) electrons. The van der Waals surface area contributed by atoms with Crippen LogP contribution in [-0.4, -0.2) is 42.7 Å². The Kier molecular flexibility index (Phi) is 10.8. The van der Waals surface area contributed by atoms with Crippen molar-refractivity contribution in [3.8, 4) is 0 Å². The smallest absolute Gasteiger partial charge is 0.417 e. The van der Waals surface area contributed by atoms with Crippen molar-refractivity contribution in [2.24, 2.45) is 0 Å². The van der Waals surface area contributed by atoms with Crippen molar-refractivity contribution in [1.82, 2.24) is 4.98 Å². The highest BCUT2D eigenvalue weighted by Gasteiger charge is 2.44. The average molecular weight is 661 g/mol. The van der Waals surface area contributed by atoms with E-state index >= 15 is 0 Å². The number of hydrogen-bond donors (Lipinski definition) is 2. The highest BCUT2D eigenvalue weighted by molar-refractivity contribution is 7.92. The van der Waals surface area contributed by atoms with Crippen molar-refractivity contribution in [3.05, 3.63) is 101 Å². The Morgan fingerprint density at radius 2 is 1.83 bits per heavy atom. The van der Waals surface area contributed by atoms with E-state index in [1.165, 1.54) is 12.1 Å². The summed E-state index contributed by atoms with van der Waals surface area (Å²) in [6, 6.07) is 17.3. The van der Waals surface area contributed by atoms with Gasteiger partial charge in [0.05, 0.1) is 11.1 Å². The monoisotopic (exact) mass is 660 g/mol. The number of sulfonamides is 1. The lowest BCUT2D eigenvalue weighted by Crippen LogP contribution is -2.42. The summed E-state index contributed by atoms with van der Waals surface area (Å²) >= 11 is 0. The van der Waals surface area contributed by atoms with Gasteiger partial charge in [-0.15, -0.1) is 0 Å². The van der Waals surface area contributed by atoms with Gasteiger partial charge in [0.15, 0.2) is 11.6 Å². The van der Waals surface area contributed by atoms with E-state index < -0.39 is 56.9 Å². The summed E-state index contributed by atoms with van der Waals surface area (Å²) in [6.07, 6.45) is -1.35. The van der Waals surface area contributed by atoms with Crippen LogP contribution in [0.15, 0.2) is 89.3 Å². The number of pyridine rings is 1. The molecule has 9 nitrogen and oxygen atoms in total. The van der Waals surface area contributed by atoms with E-state index in [0.717, 1.165) is 11.6 Å². The van der Waals surface area contributed by atoms with Crippen LogP contribution in [0.2, 0.25) is 0 Å². The van der Waals surface area contributed by atoms with Crippen molar-refractivity contribution in [2.45, 2.75) is 75.1 Å². The zero-order valence-corrected chi connectivity index (χ0v) is 26.2. The van der Waals surface area contributed by atoms with Crippen molar-refractivity contribution >= 4 is 27.6 Å². The first kappa shape index (κ1) is 34.5. The predicted octanol–water partition coefficient (Wildman–Crippen LogP) is 6.87. The number of halogens is 3. The number of nitrogens with one attached hydrogen (secondary N) is 1. The summed E-state index contributed by atoms with van der Waals surface area (Å²) in [5.41, 5.74) is -0.189. The largest absolute Gasteiger partial charge is 0.486 e. The minimum atomic E-state index is -4.67. The third-order valence-electron chi connectivity index (χ3n) is 7.74. The Morgan fingerprint density at radius 1 is 1.09 bits per heavy atom. The Labute approximate surface area is 265 Å². The highest BCUT2D eigenvalue weighted by Crippen LogP contribution is 2.43. The zero-order chi connectivity index (χ0) is 33.5. The molecule has 1 aromatic heterocycles. The van der Waals surface area contributed by atoms with Gasteiger partial charge in [-0.3, -0.25) is 4.72 Å². The molecule has 2 atom stereocenters. The number of aromatic nitrogens is 1. The molecule has 0 saturated carbocycles. The number of ether oxygens (including phenoxy) is 2. The first-order valence-corrected chi connectivity index (χ1v) is 16.3. The van der Waals surface area contributed by atoms with Crippen LogP contribution in [0.5, 0.6) is 0 Å². The van der Waals surface area contributed by atoms with Crippen molar-refractivity contribution < 1.29 is 45.8 Å². The summed E-state index contributed by atoms with van der Waals surface area (Å²) in [5, 5.41) is 8.79. The lowest BCUT2D eigenvalue weighted by Gasteiger charge is -2.40. The number of benzene rings is 2. The van der Waals surface area contributed by atoms with E-state index in [4.69, 9.17) is 9.47 Å². The number of carboxylic acids is 1. The van der Waals surface area contributed by atoms with Crippen LogP contribution in [-0.2, 0) is 41.7 Å². The van der Waals surface area contributed by atoms with Crippen LogP contribution >= 0.6 is 0 Å². The molecule has 3 aromatic rings. The van der Waals surface area contributed by atoms with Crippen LogP contribution in [0.3, 0.4) is 0 Å². The molecule has 0 bridgehead atoms. The number of rotatable bonds is 14. The fraction of sp³-hybridized carbons (Fsp3) is 0.364. The molecule has 2 N–H and O–H groups in total. The first-order valence-electron chi connectivity index (χ1n) is 14.8. The van der Waals surface area contributed by atoms with Crippen LogP contribution in [0, 0.1) is 0 Å². The number of nitrogens with zero attached hydrogens (tertiary/aromatic N) is 1. The molecular formula is C33H35F3N2O7S. The number of aliphatic carboxylic acids is 1. The van der Waals surface area contributed by atoms with Crippen molar-refractivity contribution in [1.29, 1.82) is 0 Å². The highest BCUT2D eigenvalue weighted by atomic mass is 32.2. The van der Waals surface area contributed by atoms with Crippen molar-refractivity contribution in [2.75, 3.05) is 11.3 Å². The first-order chi connectivity index (χ1) is 21.8. The number of carbonyl (C=O) groups is 2. The minimum absolute atomic E-state index is 0.0821. The maximum atomic E-state index is 13.8. The molecule has 2 heterocycles. The molecule has 0 fully saturated rings. The second kappa shape index (κ2) is 14.4. The quantitative estimate of drug-likeness (QED) is 0.179. The number of aryl methyl sites for hydroxylation is 1. The van der Waals surface area contributed by atoms with E-state index in [2.05, 4.69) is 9.71 Å². The summed E-state index contributed by atoms with van der Waals surface area (Å²) in [6.45, 7) is 3.12. The Bertz CT molecular complexity index is 1680. The summed E-state index contributed by atoms with van der Waals surface area (Å²) in [4.78, 5) is 28.8. The van der Waals surface area contributed by atoms with Gasteiger partial charge in [-0.25, -0.2) is 14.6 Å². The molecule has 0 spiro atoms. The fourth-order valence-corrected chi connectivity index (χ4v) is 6.60. The van der Waals surface area contributed by atoms with Gasteiger partial charge in [0.25, 0.3) is 10.0 Å². The molecule has 46 heavy (non-hydrogen) atoms. The molecule has 246 valence electrons. The second-order valence-corrected chi connectivity index (χ2v) is 12.7. The van der Waals surface area contributed by atoms with Crippen LogP contribution in [0.1, 0.15) is 68.6 Å².